The van der Waals surface area contributed by atoms with Crippen LogP contribution in [0.15, 0.2) is 18.3 Å². The van der Waals surface area contributed by atoms with Crippen LogP contribution in [0.2, 0.25) is 0 Å². The average Bonchev–Trinajstić information content (AvgIpc) is 2.27. The van der Waals surface area contributed by atoms with E-state index in [-0.39, 0.29) is 11.9 Å². The third-order valence-electron chi connectivity index (χ3n) is 2.88. The third kappa shape index (κ3) is 3.89. The Morgan fingerprint density at radius 2 is 2.19 bits per heavy atom. The zero-order valence-electron chi connectivity index (χ0n) is 10.3. The molecule has 2 unspecified atom stereocenters. The summed E-state index contributed by atoms with van der Waals surface area (Å²) in [4.78, 5) is 4.13. The molecule has 1 N–H and O–H groups in total. The van der Waals surface area contributed by atoms with Crippen molar-refractivity contribution in [2.45, 2.75) is 39.2 Å². The molecule has 0 amide bonds. The van der Waals surface area contributed by atoms with Crippen molar-refractivity contribution in [3.05, 3.63) is 29.8 Å². The lowest BCUT2D eigenvalue weighted by molar-refractivity contribution is 0.401. The Morgan fingerprint density at radius 1 is 1.44 bits per heavy atom. The molecule has 1 heterocycles. The summed E-state index contributed by atoms with van der Waals surface area (Å²) in [5, 5.41) is 3.24. The summed E-state index contributed by atoms with van der Waals surface area (Å²) < 4.78 is 12.8. The van der Waals surface area contributed by atoms with E-state index >= 15 is 0 Å². The number of nitrogens with one attached hydrogen (secondary N) is 1. The quantitative estimate of drug-likeness (QED) is 0.802. The van der Waals surface area contributed by atoms with Gasteiger partial charge in [0, 0.05) is 6.04 Å². The van der Waals surface area contributed by atoms with Crippen molar-refractivity contribution in [2.24, 2.45) is 5.92 Å². The first-order valence-electron chi connectivity index (χ1n) is 5.96. The van der Waals surface area contributed by atoms with Crippen molar-refractivity contribution in [1.82, 2.24) is 10.3 Å². The first-order chi connectivity index (χ1) is 7.67. The number of nitrogens with zero attached hydrogens (tertiary/aromatic N) is 1. The molecule has 2 nitrogen and oxygen atoms in total. The van der Waals surface area contributed by atoms with Gasteiger partial charge in [-0.05, 0) is 31.5 Å². The van der Waals surface area contributed by atoms with E-state index in [4.69, 9.17) is 0 Å². The van der Waals surface area contributed by atoms with Crippen molar-refractivity contribution < 1.29 is 4.39 Å². The van der Waals surface area contributed by atoms with Crippen LogP contribution in [0.5, 0.6) is 0 Å². The molecule has 0 saturated heterocycles. The van der Waals surface area contributed by atoms with Gasteiger partial charge in [0.25, 0.3) is 0 Å². The number of pyridine rings is 1. The lowest BCUT2D eigenvalue weighted by atomic mass is 9.95. The predicted molar refractivity (Wildman–Crippen MR) is 64.7 cm³/mol. The van der Waals surface area contributed by atoms with E-state index in [1.807, 2.05) is 7.05 Å². The Morgan fingerprint density at radius 3 is 2.69 bits per heavy atom. The molecule has 0 bridgehead atoms. The van der Waals surface area contributed by atoms with Gasteiger partial charge in [-0.1, -0.05) is 26.7 Å². The largest absolute Gasteiger partial charge is 0.312 e. The van der Waals surface area contributed by atoms with Crippen molar-refractivity contribution in [3.8, 4) is 0 Å². The van der Waals surface area contributed by atoms with E-state index in [0.29, 0.717) is 5.92 Å². The highest BCUT2D eigenvalue weighted by molar-refractivity contribution is 5.09. The van der Waals surface area contributed by atoms with Gasteiger partial charge in [-0.2, -0.15) is 0 Å². The van der Waals surface area contributed by atoms with Crippen molar-refractivity contribution in [3.63, 3.8) is 0 Å². The summed E-state index contributed by atoms with van der Waals surface area (Å²) in [7, 11) is 1.92. The highest BCUT2D eigenvalue weighted by Crippen LogP contribution is 2.22. The standard InChI is InChI=1S/C13H21FN2/c1-4-5-10(2)8-13(15-3)12-7-6-11(14)9-16-12/h6-7,9-10,13,15H,4-5,8H2,1-3H3. The molecule has 0 aliphatic rings. The number of halogens is 1. The molecule has 0 aliphatic heterocycles. The minimum atomic E-state index is -0.278. The fourth-order valence-electron chi connectivity index (χ4n) is 1.99. The molecule has 0 saturated carbocycles. The van der Waals surface area contributed by atoms with Crippen LogP contribution in [-0.2, 0) is 0 Å². The van der Waals surface area contributed by atoms with E-state index < -0.39 is 0 Å². The number of rotatable bonds is 6. The summed E-state index contributed by atoms with van der Waals surface area (Å²) in [6.45, 7) is 4.44. The normalized spacial score (nSPS) is 14.8. The molecular weight excluding hydrogens is 203 g/mol. The van der Waals surface area contributed by atoms with E-state index in [0.717, 1.165) is 12.1 Å². The second kappa shape index (κ2) is 6.59. The van der Waals surface area contributed by atoms with Crippen LogP contribution in [0.3, 0.4) is 0 Å². The second-order valence-electron chi connectivity index (χ2n) is 4.37. The van der Waals surface area contributed by atoms with Crippen LogP contribution in [0.4, 0.5) is 4.39 Å². The molecule has 0 fully saturated rings. The summed E-state index contributed by atoms with van der Waals surface area (Å²) >= 11 is 0. The Kier molecular flexibility index (Phi) is 5.39. The molecule has 0 aliphatic carbocycles. The fourth-order valence-corrected chi connectivity index (χ4v) is 1.99. The Labute approximate surface area is 97.3 Å². The van der Waals surface area contributed by atoms with Crippen LogP contribution in [0.25, 0.3) is 0 Å². The molecule has 1 rings (SSSR count). The van der Waals surface area contributed by atoms with Gasteiger partial charge in [-0.25, -0.2) is 4.39 Å². The Bertz CT molecular complexity index is 297. The maximum Gasteiger partial charge on any atom is 0.141 e. The molecule has 0 aromatic carbocycles. The van der Waals surface area contributed by atoms with Crippen LogP contribution in [0.1, 0.15) is 44.8 Å². The maximum absolute atomic E-state index is 12.8. The van der Waals surface area contributed by atoms with Gasteiger partial charge in [0.05, 0.1) is 11.9 Å². The number of aromatic nitrogens is 1. The number of hydrogen-bond donors (Lipinski definition) is 1. The molecule has 3 heteroatoms. The average molecular weight is 224 g/mol. The molecule has 1 aromatic heterocycles. The van der Waals surface area contributed by atoms with Crippen LogP contribution >= 0.6 is 0 Å². The van der Waals surface area contributed by atoms with Crippen molar-refractivity contribution in [2.75, 3.05) is 7.05 Å². The molecule has 0 radical (unpaired) electrons. The minimum Gasteiger partial charge on any atom is -0.312 e. The molecule has 0 spiro atoms. The van der Waals surface area contributed by atoms with Crippen LogP contribution < -0.4 is 5.32 Å². The first-order valence-corrected chi connectivity index (χ1v) is 5.96. The molecule has 90 valence electrons. The van der Waals surface area contributed by atoms with Crippen molar-refractivity contribution >= 4 is 0 Å². The summed E-state index contributed by atoms with van der Waals surface area (Å²) in [6, 6.07) is 3.45. The van der Waals surface area contributed by atoms with Gasteiger partial charge in [0.1, 0.15) is 5.82 Å². The van der Waals surface area contributed by atoms with Gasteiger partial charge in [0.15, 0.2) is 0 Å². The topological polar surface area (TPSA) is 24.9 Å². The Hall–Kier alpha value is -0.960. The lowest BCUT2D eigenvalue weighted by Crippen LogP contribution is -2.20. The van der Waals surface area contributed by atoms with E-state index in [1.165, 1.54) is 25.1 Å². The summed E-state index contributed by atoms with van der Waals surface area (Å²) in [5.74, 6) is 0.384. The highest BCUT2D eigenvalue weighted by atomic mass is 19.1. The van der Waals surface area contributed by atoms with Gasteiger partial charge in [-0.3, -0.25) is 4.98 Å². The van der Waals surface area contributed by atoms with E-state index in [2.05, 4.69) is 24.1 Å². The highest BCUT2D eigenvalue weighted by Gasteiger charge is 2.14. The molecule has 1 aromatic rings. The van der Waals surface area contributed by atoms with Gasteiger partial charge < -0.3 is 5.32 Å². The second-order valence-corrected chi connectivity index (χ2v) is 4.37. The summed E-state index contributed by atoms with van der Waals surface area (Å²) in [6.07, 6.45) is 4.75. The number of hydrogen-bond acceptors (Lipinski definition) is 2. The van der Waals surface area contributed by atoms with Gasteiger partial charge in [-0.15, -0.1) is 0 Å². The predicted octanol–water partition coefficient (Wildman–Crippen LogP) is 3.31. The molecule has 16 heavy (non-hydrogen) atoms. The van der Waals surface area contributed by atoms with Crippen LogP contribution in [-0.4, -0.2) is 12.0 Å². The van der Waals surface area contributed by atoms with Crippen molar-refractivity contribution in [1.29, 1.82) is 0 Å². The lowest BCUT2D eigenvalue weighted by Gasteiger charge is -2.19. The molecular formula is C13H21FN2. The SMILES string of the molecule is CCCC(C)CC(NC)c1ccc(F)cn1. The minimum absolute atomic E-state index is 0.224. The zero-order chi connectivity index (χ0) is 12.0. The third-order valence-corrected chi connectivity index (χ3v) is 2.88. The zero-order valence-corrected chi connectivity index (χ0v) is 10.3. The van der Waals surface area contributed by atoms with E-state index in [1.54, 1.807) is 6.07 Å². The van der Waals surface area contributed by atoms with Crippen LogP contribution in [0, 0.1) is 11.7 Å². The maximum atomic E-state index is 12.8. The Balaban J connectivity index is 2.63. The first kappa shape index (κ1) is 13.1. The monoisotopic (exact) mass is 224 g/mol. The summed E-state index contributed by atoms with van der Waals surface area (Å²) in [5.41, 5.74) is 0.923. The fraction of sp³-hybridized carbons (Fsp3) is 0.615. The van der Waals surface area contributed by atoms with Gasteiger partial charge in [0.2, 0.25) is 0 Å². The molecule has 2 atom stereocenters. The van der Waals surface area contributed by atoms with Gasteiger partial charge >= 0.3 is 0 Å². The van der Waals surface area contributed by atoms with E-state index in [9.17, 15) is 4.39 Å². The smallest absolute Gasteiger partial charge is 0.141 e.